The third-order valence-corrected chi connectivity index (χ3v) is 7.70. The molecule has 3 heterocycles. The summed E-state index contributed by atoms with van der Waals surface area (Å²) in [6.07, 6.45) is 1.37. The van der Waals surface area contributed by atoms with Crippen molar-refractivity contribution in [1.29, 1.82) is 0 Å². The highest BCUT2D eigenvalue weighted by molar-refractivity contribution is 5.75. The van der Waals surface area contributed by atoms with Crippen LogP contribution in [0.25, 0.3) is 11.9 Å². The topological polar surface area (TPSA) is 37.2 Å². The fraction of sp³-hybridized carbons (Fsp3) is 0.448. The van der Waals surface area contributed by atoms with Gasteiger partial charge in [-0.1, -0.05) is 24.3 Å². The van der Waals surface area contributed by atoms with E-state index in [9.17, 15) is 13.2 Å². The number of aromatic nitrogens is 3. The van der Waals surface area contributed by atoms with E-state index in [2.05, 4.69) is 25.9 Å². The minimum atomic E-state index is -4.37. The zero-order valence-electron chi connectivity index (χ0n) is 22.0. The molecular formula is C29H33F4N5. The largest absolute Gasteiger partial charge is 0.397 e. The van der Waals surface area contributed by atoms with E-state index < -0.39 is 17.4 Å². The van der Waals surface area contributed by atoms with Crippen molar-refractivity contribution in [2.45, 2.75) is 57.8 Å². The molecule has 1 saturated heterocycles. The maximum atomic E-state index is 15.1. The molecule has 38 heavy (non-hydrogen) atoms. The number of piperazine rings is 1. The van der Waals surface area contributed by atoms with Gasteiger partial charge in [0.05, 0.1) is 12.0 Å². The van der Waals surface area contributed by atoms with Gasteiger partial charge in [-0.3, -0.25) is 9.58 Å². The van der Waals surface area contributed by atoms with Crippen molar-refractivity contribution in [1.82, 2.24) is 19.7 Å². The van der Waals surface area contributed by atoms with Crippen molar-refractivity contribution in [2.24, 2.45) is 0 Å². The van der Waals surface area contributed by atoms with Crippen LogP contribution in [0.3, 0.4) is 0 Å². The zero-order valence-corrected chi connectivity index (χ0v) is 22.0. The second-order valence-electron chi connectivity index (χ2n) is 10.8. The van der Waals surface area contributed by atoms with E-state index in [0.29, 0.717) is 12.1 Å². The summed E-state index contributed by atoms with van der Waals surface area (Å²) in [6, 6.07) is 12.2. The molecular weight excluding hydrogens is 494 g/mol. The first kappa shape index (κ1) is 26.4. The van der Waals surface area contributed by atoms with Crippen LogP contribution in [0.15, 0.2) is 48.7 Å². The SMILES string of the molecule is Cc1cc(/C(F)=C/c2ccc(C(C)(C)C(F)(F)F)cc2)nn1Cc1ccnc(N2CCN(C3CC3)CC2)c1. The van der Waals surface area contributed by atoms with E-state index in [0.717, 1.165) is 63.1 Å². The molecule has 0 N–H and O–H groups in total. The predicted molar refractivity (Wildman–Crippen MR) is 142 cm³/mol. The third kappa shape index (κ3) is 5.62. The average Bonchev–Trinajstić information content (AvgIpc) is 3.67. The van der Waals surface area contributed by atoms with Crippen molar-refractivity contribution in [3.05, 3.63) is 76.7 Å². The summed E-state index contributed by atoms with van der Waals surface area (Å²) in [7, 11) is 0. The molecule has 0 bridgehead atoms. The molecule has 1 aromatic carbocycles. The van der Waals surface area contributed by atoms with Crippen molar-refractivity contribution in [3.8, 4) is 0 Å². The van der Waals surface area contributed by atoms with Gasteiger partial charge < -0.3 is 4.90 Å². The summed E-state index contributed by atoms with van der Waals surface area (Å²) >= 11 is 0. The van der Waals surface area contributed by atoms with Crippen LogP contribution < -0.4 is 4.90 Å². The van der Waals surface area contributed by atoms with Crippen LogP contribution in [0.5, 0.6) is 0 Å². The molecule has 1 saturated carbocycles. The fourth-order valence-corrected chi connectivity index (χ4v) is 4.83. The van der Waals surface area contributed by atoms with Crippen LogP contribution in [0, 0.1) is 6.92 Å². The fourth-order valence-electron chi connectivity index (χ4n) is 4.83. The van der Waals surface area contributed by atoms with Crippen LogP contribution in [-0.2, 0) is 12.0 Å². The number of pyridine rings is 1. The van der Waals surface area contributed by atoms with Gasteiger partial charge >= 0.3 is 6.18 Å². The van der Waals surface area contributed by atoms with Gasteiger partial charge in [0.2, 0.25) is 0 Å². The van der Waals surface area contributed by atoms with E-state index >= 15 is 4.39 Å². The summed E-state index contributed by atoms with van der Waals surface area (Å²) in [6.45, 7) is 8.67. The minimum absolute atomic E-state index is 0.129. The lowest BCUT2D eigenvalue weighted by Gasteiger charge is -2.35. The predicted octanol–water partition coefficient (Wildman–Crippen LogP) is 6.23. The van der Waals surface area contributed by atoms with Crippen LogP contribution in [-0.4, -0.2) is 58.1 Å². The summed E-state index contributed by atoms with van der Waals surface area (Å²) in [4.78, 5) is 9.45. The maximum Gasteiger partial charge on any atom is 0.397 e. The Morgan fingerprint density at radius 1 is 1.00 bits per heavy atom. The first-order valence-corrected chi connectivity index (χ1v) is 13.0. The first-order valence-electron chi connectivity index (χ1n) is 13.0. The number of benzene rings is 1. The van der Waals surface area contributed by atoms with Crippen molar-refractivity contribution >= 4 is 17.7 Å². The van der Waals surface area contributed by atoms with Gasteiger partial charge in [0.25, 0.3) is 0 Å². The second-order valence-corrected chi connectivity index (χ2v) is 10.8. The molecule has 2 aromatic heterocycles. The molecule has 0 radical (unpaired) electrons. The van der Waals surface area contributed by atoms with Gasteiger partial charge in [0.1, 0.15) is 11.5 Å². The highest BCUT2D eigenvalue weighted by Gasteiger charge is 2.48. The van der Waals surface area contributed by atoms with Crippen LogP contribution in [0.4, 0.5) is 23.4 Å². The summed E-state index contributed by atoms with van der Waals surface area (Å²) in [5.41, 5.74) is 0.641. The number of alkyl halides is 3. The molecule has 9 heteroatoms. The lowest BCUT2D eigenvalue weighted by molar-refractivity contribution is -0.180. The Balaban J connectivity index is 1.26. The third-order valence-electron chi connectivity index (χ3n) is 7.70. The zero-order chi connectivity index (χ0) is 27.1. The number of hydrogen-bond donors (Lipinski definition) is 0. The molecule has 0 amide bonds. The minimum Gasteiger partial charge on any atom is -0.354 e. The molecule has 0 spiro atoms. The van der Waals surface area contributed by atoms with E-state index in [1.54, 1.807) is 10.7 Å². The second kappa shape index (κ2) is 10.2. The number of aryl methyl sites for hydroxylation is 1. The molecule has 2 fully saturated rings. The lowest BCUT2D eigenvalue weighted by Crippen LogP contribution is -2.47. The molecule has 0 atom stereocenters. The molecule has 2 aliphatic rings. The Morgan fingerprint density at radius 3 is 2.32 bits per heavy atom. The Morgan fingerprint density at radius 2 is 1.68 bits per heavy atom. The number of hydrogen-bond acceptors (Lipinski definition) is 4. The van der Waals surface area contributed by atoms with Gasteiger partial charge in [-0.25, -0.2) is 9.37 Å². The monoisotopic (exact) mass is 527 g/mol. The molecule has 3 aromatic rings. The molecule has 202 valence electrons. The quantitative estimate of drug-likeness (QED) is 0.342. The average molecular weight is 528 g/mol. The van der Waals surface area contributed by atoms with Gasteiger partial charge in [0.15, 0.2) is 5.83 Å². The lowest BCUT2D eigenvalue weighted by atomic mass is 9.83. The van der Waals surface area contributed by atoms with Crippen molar-refractivity contribution in [3.63, 3.8) is 0 Å². The molecule has 1 aliphatic carbocycles. The smallest absolute Gasteiger partial charge is 0.354 e. The number of rotatable bonds is 7. The van der Waals surface area contributed by atoms with Crippen LogP contribution in [0.2, 0.25) is 0 Å². The van der Waals surface area contributed by atoms with Gasteiger partial charge in [-0.05, 0) is 74.6 Å². The van der Waals surface area contributed by atoms with Crippen LogP contribution in [0.1, 0.15) is 54.8 Å². The summed E-state index contributed by atoms with van der Waals surface area (Å²) in [5.74, 6) is 0.407. The molecule has 1 aliphatic heterocycles. The van der Waals surface area contributed by atoms with Gasteiger partial charge in [-0.2, -0.15) is 18.3 Å². The molecule has 5 rings (SSSR count). The number of anilines is 1. The summed E-state index contributed by atoms with van der Waals surface area (Å²) < 4.78 is 56.8. The van der Waals surface area contributed by atoms with Crippen LogP contribution >= 0.6 is 0 Å². The highest BCUT2D eigenvalue weighted by Crippen LogP contribution is 2.40. The van der Waals surface area contributed by atoms with E-state index in [-0.39, 0.29) is 11.3 Å². The first-order chi connectivity index (χ1) is 18.0. The van der Waals surface area contributed by atoms with E-state index in [4.69, 9.17) is 0 Å². The highest BCUT2D eigenvalue weighted by atomic mass is 19.4. The molecule has 5 nitrogen and oxygen atoms in total. The van der Waals surface area contributed by atoms with E-state index in [1.807, 2.05) is 19.2 Å². The Hall–Kier alpha value is -3.20. The number of nitrogens with zero attached hydrogens (tertiary/aromatic N) is 5. The molecule has 0 unspecified atom stereocenters. The Bertz CT molecular complexity index is 1300. The Kier molecular flexibility index (Phi) is 7.07. The van der Waals surface area contributed by atoms with Gasteiger partial charge in [0, 0.05) is 44.1 Å². The Labute approximate surface area is 220 Å². The standard InChI is InChI=1S/C29H33F4N5/c1-20-16-26(25(30)17-21-4-6-23(7-5-21)28(2,3)29(31,32)33)35-38(20)19-22-10-11-34-27(18-22)37-14-12-36(13-15-37)24-8-9-24/h4-7,10-11,16-18,24H,8-9,12-15,19H2,1-3H3/b25-17-. The van der Waals surface area contributed by atoms with Gasteiger partial charge in [-0.15, -0.1) is 0 Å². The van der Waals surface area contributed by atoms with E-state index in [1.165, 1.54) is 43.2 Å². The normalized spacial score (nSPS) is 17.8. The van der Waals surface area contributed by atoms with Crippen molar-refractivity contribution in [2.75, 3.05) is 31.1 Å². The van der Waals surface area contributed by atoms with Crippen molar-refractivity contribution < 1.29 is 17.6 Å². The maximum absolute atomic E-state index is 15.1. The summed E-state index contributed by atoms with van der Waals surface area (Å²) in [5, 5.41) is 4.45. The number of halogens is 4.